The lowest BCUT2D eigenvalue weighted by Crippen LogP contribution is -2.08. The lowest BCUT2D eigenvalue weighted by molar-refractivity contribution is 0.0873. The molecule has 2 nitrogen and oxygen atoms in total. The summed E-state index contributed by atoms with van der Waals surface area (Å²) in [6.07, 6.45) is 2.30. The van der Waals surface area contributed by atoms with E-state index in [9.17, 15) is 4.39 Å². The molecular formula is C14H22FNO. The molecule has 0 bridgehead atoms. The molecule has 3 heteroatoms. The third-order valence-electron chi connectivity index (χ3n) is 2.82. The van der Waals surface area contributed by atoms with Gasteiger partial charge in [0, 0.05) is 24.3 Å². The summed E-state index contributed by atoms with van der Waals surface area (Å²) in [5.41, 5.74) is 6.60. The molecule has 0 aliphatic heterocycles. The summed E-state index contributed by atoms with van der Waals surface area (Å²) in [5, 5.41) is 0. The van der Waals surface area contributed by atoms with Crippen molar-refractivity contribution in [3.8, 4) is 0 Å². The summed E-state index contributed by atoms with van der Waals surface area (Å²) in [6.45, 7) is 5.54. The maximum absolute atomic E-state index is 13.8. The van der Waals surface area contributed by atoms with E-state index in [-0.39, 0.29) is 12.4 Å². The highest BCUT2D eigenvalue weighted by Crippen LogP contribution is 2.14. The van der Waals surface area contributed by atoms with Gasteiger partial charge >= 0.3 is 0 Å². The second-order valence-electron chi connectivity index (χ2n) is 4.50. The van der Waals surface area contributed by atoms with Crippen LogP contribution in [0.25, 0.3) is 0 Å². The van der Waals surface area contributed by atoms with Crippen molar-refractivity contribution >= 4 is 0 Å². The van der Waals surface area contributed by atoms with Gasteiger partial charge in [0.15, 0.2) is 0 Å². The first-order valence-corrected chi connectivity index (χ1v) is 6.23. The van der Waals surface area contributed by atoms with Gasteiger partial charge in [-0.3, -0.25) is 0 Å². The van der Waals surface area contributed by atoms with Crippen LogP contribution in [-0.2, 0) is 17.9 Å². The Morgan fingerprint density at radius 1 is 1.35 bits per heavy atom. The number of rotatable bonds is 7. The lowest BCUT2D eigenvalue weighted by Gasteiger charge is -2.12. The van der Waals surface area contributed by atoms with Gasteiger partial charge < -0.3 is 10.5 Å². The van der Waals surface area contributed by atoms with E-state index in [1.54, 1.807) is 12.1 Å². The minimum atomic E-state index is -0.224. The van der Waals surface area contributed by atoms with Crippen molar-refractivity contribution in [2.24, 2.45) is 11.7 Å². The van der Waals surface area contributed by atoms with Crippen LogP contribution in [0.3, 0.4) is 0 Å². The Hall–Kier alpha value is -0.930. The first-order valence-electron chi connectivity index (χ1n) is 6.23. The standard InChI is InChI=1S/C14H22FNO/c1-3-5-11(2)9-17-10-13-7-4-6-12(8-16)14(13)15/h4,6-7,11H,3,5,8-10,16H2,1-2H3. The fourth-order valence-corrected chi connectivity index (χ4v) is 1.85. The number of hydrogen-bond acceptors (Lipinski definition) is 2. The largest absolute Gasteiger partial charge is 0.376 e. The second kappa shape index (κ2) is 7.41. The zero-order chi connectivity index (χ0) is 12.7. The van der Waals surface area contributed by atoms with Crippen LogP contribution in [0.15, 0.2) is 18.2 Å². The Bertz CT molecular complexity index is 341. The summed E-state index contributed by atoms with van der Waals surface area (Å²) in [4.78, 5) is 0. The van der Waals surface area contributed by atoms with E-state index < -0.39 is 0 Å². The molecule has 1 atom stereocenters. The normalized spacial score (nSPS) is 12.7. The zero-order valence-electron chi connectivity index (χ0n) is 10.7. The third-order valence-corrected chi connectivity index (χ3v) is 2.82. The number of nitrogens with two attached hydrogens (primary N) is 1. The Kier molecular flexibility index (Phi) is 6.16. The van der Waals surface area contributed by atoms with Gasteiger partial charge in [-0.1, -0.05) is 38.5 Å². The average molecular weight is 239 g/mol. The summed E-state index contributed by atoms with van der Waals surface area (Å²) < 4.78 is 19.3. The molecule has 0 aliphatic carbocycles. The highest BCUT2D eigenvalue weighted by molar-refractivity contribution is 5.25. The quantitative estimate of drug-likeness (QED) is 0.792. The Labute approximate surface area is 103 Å². The van der Waals surface area contributed by atoms with Crippen molar-refractivity contribution in [2.75, 3.05) is 6.61 Å². The molecule has 0 radical (unpaired) electrons. The molecule has 0 amide bonds. The molecule has 0 saturated carbocycles. The molecule has 1 rings (SSSR count). The molecule has 2 N–H and O–H groups in total. The maximum atomic E-state index is 13.8. The molecule has 1 unspecified atom stereocenters. The van der Waals surface area contributed by atoms with Gasteiger partial charge in [0.25, 0.3) is 0 Å². The van der Waals surface area contributed by atoms with Gasteiger partial charge in [-0.25, -0.2) is 4.39 Å². The summed E-state index contributed by atoms with van der Waals surface area (Å²) in [6, 6.07) is 5.27. The van der Waals surface area contributed by atoms with Gasteiger partial charge in [0.2, 0.25) is 0 Å². The number of benzene rings is 1. The van der Waals surface area contributed by atoms with E-state index in [4.69, 9.17) is 10.5 Å². The summed E-state index contributed by atoms with van der Waals surface area (Å²) in [7, 11) is 0. The SMILES string of the molecule is CCCC(C)COCc1cccc(CN)c1F. The van der Waals surface area contributed by atoms with Gasteiger partial charge in [0.1, 0.15) is 5.82 Å². The van der Waals surface area contributed by atoms with Crippen molar-refractivity contribution in [2.45, 2.75) is 39.8 Å². The van der Waals surface area contributed by atoms with Crippen LogP contribution in [0.2, 0.25) is 0 Å². The van der Waals surface area contributed by atoms with Crippen LogP contribution in [0.4, 0.5) is 4.39 Å². The second-order valence-corrected chi connectivity index (χ2v) is 4.50. The number of ether oxygens (including phenoxy) is 1. The Morgan fingerprint density at radius 3 is 2.71 bits per heavy atom. The van der Waals surface area contributed by atoms with Crippen LogP contribution in [0, 0.1) is 11.7 Å². The predicted molar refractivity (Wildman–Crippen MR) is 68.0 cm³/mol. The van der Waals surface area contributed by atoms with Crippen molar-refractivity contribution in [3.63, 3.8) is 0 Å². The molecule has 0 aliphatic rings. The van der Waals surface area contributed by atoms with Crippen molar-refractivity contribution < 1.29 is 9.13 Å². The van der Waals surface area contributed by atoms with Gasteiger partial charge in [-0.05, 0) is 12.3 Å². The van der Waals surface area contributed by atoms with Gasteiger partial charge in [0.05, 0.1) is 6.61 Å². The molecule has 0 aromatic heterocycles. The first kappa shape index (κ1) is 14.1. The Balaban J connectivity index is 2.46. The van der Waals surface area contributed by atoms with Crippen LogP contribution >= 0.6 is 0 Å². The maximum Gasteiger partial charge on any atom is 0.133 e. The number of hydrogen-bond donors (Lipinski definition) is 1. The highest BCUT2D eigenvalue weighted by atomic mass is 19.1. The van der Waals surface area contributed by atoms with Crippen LogP contribution in [-0.4, -0.2) is 6.61 Å². The van der Waals surface area contributed by atoms with E-state index in [1.165, 1.54) is 0 Å². The molecule has 0 spiro atoms. The van der Waals surface area contributed by atoms with Crippen LogP contribution in [0.5, 0.6) is 0 Å². The minimum absolute atomic E-state index is 0.224. The van der Waals surface area contributed by atoms with E-state index >= 15 is 0 Å². The van der Waals surface area contributed by atoms with Crippen molar-refractivity contribution in [3.05, 3.63) is 35.1 Å². The van der Waals surface area contributed by atoms with E-state index in [1.807, 2.05) is 6.07 Å². The molecule has 1 aromatic carbocycles. The third kappa shape index (κ3) is 4.44. The van der Waals surface area contributed by atoms with E-state index in [2.05, 4.69) is 13.8 Å². The first-order chi connectivity index (χ1) is 8.19. The average Bonchev–Trinajstić information content (AvgIpc) is 2.32. The molecular weight excluding hydrogens is 217 g/mol. The lowest BCUT2D eigenvalue weighted by atomic mass is 10.1. The van der Waals surface area contributed by atoms with Crippen molar-refractivity contribution in [1.29, 1.82) is 0 Å². The highest BCUT2D eigenvalue weighted by Gasteiger charge is 2.07. The zero-order valence-corrected chi connectivity index (χ0v) is 10.7. The molecule has 0 fully saturated rings. The monoisotopic (exact) mass is 239 g/mol. The van der Waals surface area contributed by atoms with Crippen LogP contribution < -0.4 is 5.73 Å². The van der Waals surface area contributed by atoms with E-state index in [0.29, 0.717) is 30.3 Å². The fourth-order valence-electron chi connectivity index (χ4n) is 1.85. The summed E-state index contributed by atoms with van der Waals surface area (Å²) in [5.74, 6) is 0.305. The van der Waals surface area contributed by atoms with Crippen molar-refractivity contribution in [1.82, 2.24) is 0 Å². The van der Waals surface area contributed by atoms with Gasteiger partial charge in [-0.15, -0.1) is 0 Å². The fraction of sp³-hybridized carbons (Fsp3) is 0.571. The smallest absolute Gasteiger partial charge is 0.133 e. The summed E-state index contributed by atoms with van der Waals surface area (Å²) >= 11 is 0. The number of halogens is 1. The molecule has 0 saturated heterocycles. The van der Waals surface area contributed by atoms with Crippen LogP contribution in [0.1, 0.15) is 37.8 Å². The topological polar surface area (TPSA) is 35.2 Å². The predicted octanol–water partition coefficient (Wildman–Crippen LogP) is 3.24. The van der Waals surface area contributed by atoms with E-state index in [0.717, 1.165) is 12.8 Å². The minimum Gasteiger partial charge on any atom is -0.376 e. The molecule has 1 aromatic rings. The molecule has 0 heterocycles. The van der Waals surface area contributed by atoms with Gasteiger partial charge in [-0.2, -0.15) is 0 Å². The molecule has 96 valence electrons. The molecule has 17 heavy (non-hydrogen) atoms. The Morgan fingerprint density at radius 2 is 2.06 bits per heavy atom.